The van der Waals surface area contributed by atoms with Crippen molar-refractivity contribution >= 4 is 11.8 Å². The first-order valence-electron chi connectivity index (χ1n) is 4.25. The molecule has 0 saturated heterocycles. The molecule has 0 nitrogen and oxygen atoms in total. The molecule has 1 aromatic rings. The third kappa shape index (κ3) is 3.74. The molecule has 0 saturated carbocycles. The molecule has 0 aliphatic heterocycles. The molecule has 1 radical (unpaired) electrons. The summed E-state index contributed by atoms with van der Waals surface area (Å²) in [5.74, 6) is -0.595. The molecule has 0 aliphatic carbocycles. The minimum absolute atomic E-state index is 0.0689. The summed E-state index contributed by atoms with van der Waals surface area (Å²) >= 11 is -0.279. The van der Waals surface area contributed by atoms with Crippen LogP contribution in [0.2, 0.25) is 0 Å². The van der Waals surface area contributed by atoms with Crippen LogP contribution in [-0.4, -0.2) is 5.51 Å². The summed E-state index contributed by atoms with van der Waals surface area (Å²) in [7, 11) is 0. The number of halogens is 4. The molecule has 0 aromatic heterocycles. The molecule has 0 fully saturated rings. The average Bonchev–Trinajstić information content (AvgIpc) is 2.08. The van der Waals surface area contributed by atoms with E-state index in [1.807, 2.05) is 0 Å². The Bertz CT molecular complexity index is 333. The van der Waals surface area contributed by atoms with Gasteiger partial charge in [0, 0.05) is 10.5 Å². The van der Waals surface area contributed by atoms with Crippen molar-refractivity contribution in [2.24, 2.45) is 0 Å². The Morgan fingerprint density at radius 3 is 2.53 bits per heavy atom. The van der Waals surface area contributed by atoms with Crippen molar-refractivity contribution in [3.63, 3.8) is 0 Å². The molecule has 83 valence electrons. The Labute approximate surface area is 89.7 Å². The van der Waals surface area contributed by atoms with Gasteiger partial charge in [0.1, 0.15) is 5.82 Å². The molecule has 15 heavy (non-hydrogen) atoms. The topological polar surface area (TPSA) is 0 Å². The van der Waals surface area contributed by atoms with E-state index in [1.165, 1.54) is 18.2 Å². The highest BCUT2D eigenvalue weighted by Crippen LogP contribution is 2.39. The minimum atomic E-state index is -4.38. The van der Waals surface area contributed by atoms with E-state index in [2.05, 4.69) is 0 Å². The molecule has 0 N–H and O–H groups in total. The zero-order valence-electron chi connectivity index (χ0n) is 7.94. The number of thioether (sulfide) groups is 1. The Morgan fingerprint density at radius 2 is 2.00 bits per heavy atom. The highest BCUT2D eigenvalue weighted by atomic mass is 32.2. The fourth-order valence-electron chi connectivity index (χ4n) is 1.16. The molecule has 0 bridgehead atoms. The van der Waals surface area contributed by atoms with Crippen molar-refractivity contribution in [3.05, 3.63) is 36.0 Å². The molecule has 0 aliphatic rings. The van der Waals surface area contributed by atoms with Gasteiger partial charge in [-0.15, -0.1) is 0 Å². The predicted octanol–water partition coefficient (Wildman–Crippen LogP) is 4.20. The first kappa shape index (κ1) is 12.4. The molecule has 5 heteroatoms. The van der Waals surface area contributed by atoms with Gasteiger partial charge in [0.05, 0.1) is 0 Å². The van der Waals surface area contributed by atoms with E-state index < -0.39 is 11.3 Å². The van der Waals surface area contributed by atoms with Gasteiger partial charge in [0.15, 0.2) is 0 Å². The smallest absolute Gasteiger partial charge is 0.207 e. The van der Waals surface area contributed by atoms with Crippen LogP contribution in [0.25, 0.3) is 0 Å². The zero-order chi connectivity index (χ0) is 11.5. The maximum Gasteiger partial charge on any atom is 0.446 e. The summed E-state index contributed by atoms with van der Waals surface area (Å²) in [6.45, 7) is 1.68. The summed E-state index contributed by atoms with van der Waals surface area (Å²) in [5, 5.41) is 0. The van der Waals surface area contributed by atoms with Gasteiger partial charge in [-0.3, -0.25) is 0 Å². The SMILES string of the molecule is C[CH]Cc1c(F)cccc1SC(F)(F)F. The van der Waals surface area contributed by atoms with Gasteiger partial charge in [0.2, 0.25) is 0 Å². The van der Waals surface area contributed by atoms with Crippen LogP contribution in [0, 0.1) is 12.2 Å². The second kappa shape index (κ2) is 4.88. The van der Waals surface area contributed by atoms with Crippen molar-refractivity contribution < 1.29 is 17.6 Å². The van der Waals surface area contributed by atoms with Crippen molar-refractivity contribution in [3.8, 4) is 0 Å². The van der Waals surface area contributed by atoms with Gasteiger partial charge in [-0.2, -0.15) is 13.2 Å². The number of hydrogen-bond donors (Lipinski definition) is 0. The van der Waals surface area contributed by atoms with Crippen LogP contribution in [0.4, 0.5) is 17.6 Å². The number of benzene rings is 1. The van der Waals surface area contributed by atoms with Crippen molar-refractivity contribution in [1.29, 1.82) is 0 Å². The Hall–Kier alpha value is -0.710. The summed E-state index contributed by atoms with van der Waals surface area (Å²) in [6.07, 6.45) is 1.82. The van der Waals surface area contributed by atoms with Crippen LogP contribution < -0.4 is 0 Å². The monoisotopic (exact) mass is 237 g/mol. The third-order valence-electron chi connectivity index (χ3n) is 1.71. The molecule has 0 spiro atoms. The normalized spacial score (nSPS) is 11.8. The van der Waals surface area contributed by atoms with E-state index in [-0.39, 0.29) is 28.6 Å². The summed E-state index contributed by atoms with van der Waals surface area (Å²) in [6, 6.07) is 3.72. The fourth-order valence-corrected chi connectivity index (χ4v) is 1.86. The first-order valence-corrected chi connectivity index (χ1v) is 5.06. The highest BCUT2D eigenvalue weighted by molar-refractivity contribution is 8.00. The molecule has 1 aromatic carbocycles. The van der Waals surface area contributed by atoms with Crippen LogP contribution >= 0.6 is 11.8 Å². The summed E-state index contributed by atoms with van der Waals surface area (Å²) in [4.78, 5) is -0.0689. The standard InChI is InChI=1S/C10H9F4S/c1-2-4-7-8(11)5-3-6-9(7)15-10(12,13)14/h2-3,5-6H,4H2,1H3. The fraction of sp³-hybridized carbons (Fsp3) is 0.300. The second-order valence-electron chi connectivity index (χ2n) is 2.88. The maximum absolute atomic E-state index is 13.2. The molecular formula is C10H9F4S. The van der Waals surface area contributed by atoms with Gasteiger partial charge < -0.3 is 0 Å². The highest BCUT2D eigenvalue weighted by Gasteiger charge is 2.30. The molecule has 0 unspecified atom stereocenters. The van der Waals surface area contributed by atoms with Crippen LogP contribution in [0.3, 0.4) is 0 Å². The van der Waals surface area contributed by atoms with Crippen molar-refractivity contribution in [2.45, 2.75) is 23.7 Å². The average molecular weight is 237 g/mol. The van der Waals surface area contributed by atoms with Gasteiger partial charge in [-0.25, -0.2) is 4.39 Å². The zero-order valence-corrected chi connectivity index (χ0v) is 8.75. The van der Waals surface area contributed by atoms with Crippen LogP contribution in [-0.2, 0) is 6.42 Å². The Morgan fingerprint density at radius 1 is 1.33 bits per heavy atom. The van der Waals surface area contributed by atoms with Crippen LogP contribution in [0.5, 0.6) is 0 Å². The van der Waals surface area contributed by atoms with E-state index in [9.17, 15) is 17.6 Å². The minimum Gasteiger partial charge on any atom is -0.207 e. The lowest BCUT2D eigenvalue weighted by atomic mass is 10.1. The third-order valence-corrected chi connectivity index (χ3v) is 2.54. The Kier molecular flexibility index (Phi) is 4.02. The first-order chi connectivity index (χ1) is 6.94. The van der Waals surface area contributed by atoms with Crippen LogP contribution in [0.15, 0.2) is 23.1 Å². The van der Waals surface area contributed by atoms with Crippen molar-refractivity contribution in [2.75, 3.05) is 0 Å². The summed E-state index contributed by atoms with van der Waals surface area (Å²) in [5.41, 5.74) is -4.28. The number of hydrogen-bond acceptors (Lipinski definition) is 1. The number of alkyl halides is 3. The van der Waals surface area contributed by atoms with Crippen LogP contribution in [0.1, 0.15) is 12.5 Å². The lowest BCUT2D eigenvalue weighted by molar-refractivity contribution is -0.0328. The molecule has 0 amide bonds. The molecule has 0 heterocycles. The molecule has 1 rings (SSSR count). The van der Waals surface area contributed by atoms with E-state index in [1.54, 1.807) is 13.3 Å². The second-order valence-corrected chi connectivity index (χ2v) is 3.98. The quantitative estimate of drug-likeness (QED) is 0.560. The van der Waals surface area contributed by atoms with Gasteiger partial charge in [-0.1, -0.05) is 13.0 Å². The van der Waals surface area contributed by atoms with E-state index in [4.69, 9.17) is 0 Å². The van der Waals surface area contributed by atoms with E-state index in [0.29, 0.717) is 0 Å². The summed E-state index contributed by atoms with van der Waals surface area (Å²) < 4.78 is 49.6. The van der Waals surface area contributed by atoms with Gasteiger partial charge in [0.25, 0.3) is 0 Å². The number of rotatable bonds is 3. The molecule has 0 atom stereocenters. The van der Waals surface area contributed by atoms with E-state index in [0.717, 1.165) is 0 Å². The van der Waals surface area contributed by atoms with E-state index >= 15 is 0 Å². The Balaban J connectivity index is 3.00. The van der Waals surface area contributed by atoms with Gasteiger partial charge >= 0.3 is 5.51 Å². The molecular weight excluding hydrogens is 228 g/mol. The maximum atomic E-state index is 13.2. The predicted molar refractivity (Wildman–Crippen MR) is 52.0 cm³/mol. The van der Waals surface area contributed by atoms with Gasteiger partial charge in [-0.05, 0) is 36.7 Å². The van der Waals surface area contributed by atoms with Crippen molar-refractivity contribution in [1.82, 2.24) is 0 Å². The lowest BCUT2D eigenvalue weighted by Crippen LogP contribution is -2.02. The lowest BCUT2D eigenvalue weighted by Gasteiger charge is -2.10. The largest absolute Gasteiger partial charge is 0.446 e.